The number of fused-ring (bicyclic) bond motifs is 1. The predicted octanol–water partition coefficient (Wildman–Crippen LogP) is 5.41. The van der Waals surface area contributed by atoms with Crippen molar-refractivity contribution in [3.05, 3.63) is 61.0 Å². The zero-order valence-corrected chi connectivity index (χ0v) is 20.7. The van der Waals surface area contributed by atoms with E-state index in [1.807, 2.05) is 19.1 Å². The Morgan fingerprint density at radius 2 is 1.39 bits per heavy atom. The van der Waals surface area contributed by atoms with Crippen molar-refractivity contribution < 1.29 is 23.9 Å². The molecule has 0 radical (unpaired) electrons. The number of halogens is 4. The molecule has 3 rings (SSSR count). The van der Waals surface area contributed by atoms with E-state index in [0.29, 0.717) is 10.6 Å². The highest BCUT2D eigenvalue weighted by atomic mass is 35.5. The van der Waals surface area contributed by atoms with Crippen LogP contribution in [0.1, 0.15) is 40.1 Å². The summed E-state index contributed by atoms with van der Waals surface area (Å²) < 4.78 is 5.12. The number of carbonyl (C=O) groups is 4. The van der Waals surface area contributed by atoms with Crippen molar-refractivity contribution in [1.82, 2.24) is 4.90 Å². The first-order chi connectivity index (χ1) is 15.5. The first-order valence-electron chi connectivity index (χ1n) is 9.72. The molecule has 33 heavy (non-hydrogen) atoms. The molecule has 0 aromatic heterocycles. The molecule has 1 heterocycles. The van der Waals surface area contributed by atoms with Crippen molar-refractivity contribution >= 4 is 75.8 Å². The van der Waals surface area contributed by atoms with Crippen LogP contribution in [-0.2, 0) is 14.3 Å². The number of benzene rings is 2. The Morgan fingerprint density at radius 3 is 1.85 bits per heavy atom. The minimum Gasteiger partial charge on any atom is -0.454 e. The average Bonchev–Trinajstić information content (AvgIpc) is 3.01. The van der Waals surface area contributed by atoms with E-state index in [1.54, 1.807) is 26.0 Å². The average molecular weight is 532 g/mol. The van der Waals surface area contributed by atoms with Gasteiger partial charge in [0.2, 0.25) is 0 Å². The summed E-state index contributed by atoms with van der Waals surface area (Å²) in [6, 6.07) is 5.69. The summed E-state index contributed by atoms with van der Waals surface area (Å²) in [6.07, 6.45) is 0. The third-order valence-electron chi connectivity index (χ3n) is 4.96. The van der Waals surface area contributed by atoms with E-state index in [-0.39, 0.29) is 31.2 Å². The summed E-state index contributed by atoms with van der Waals surface area (Å²) in [5.74, 6) is -3.80. The second kappa shape index (κ2) is 9.89. The van der Waals surface area contributed by atoms with Gasteiger partial charge in [-0.25, -0.2) is 4.79 Å². The number of aryl methyl sites for hydroxylation is 1. The summed E-state index contributed by atoms with van der Waals surface area (Å²) in [5, 5.41) is 1.75. The normalized spacial score (nSPS) is 13.9. The van der Waals surface area contributed by atoms with Crippen LogP contribution in [0.2, 0.25) is 20.1 Å². The molecule has 1 aliphatic rings. The number of imide groups is 1. The Kier molecular flexibility index (Phi) is 7.59. The fraction of sp³-hybridized carbons (Fsp3) is 0.273. The fourth-order valence-electron chi connectivity index (χ4n) is 3.35. The SMILES string of the molecule is Cc1ccc(NC(=O)COC(=O)[C@H](C(C)C)N2C(=O)c3c(Cl)c(Cl)c(Cl)c(Cl)c3C2=O)cc1. The molecule has 0 unspecified atom stereocenters. The van der Waals surface area contributed by atoms with Gasteiger partial charge < -0.3 is 10.1 Å². The molecule has 0 aliphatic carbocycles. The summed E-state index contributed by atoms with van der Waals surface area (Å²) in [6.45, 7) is 4.52. The topological polar surface area (TPSA) is 92.8 Å². The van der Waals surface area contributed by atoms with Crippen LogP contribution < -0.4 is 5.32 Å². The lowest BCUT2D eigenvalue weighted by atomic mass is 10.0. The Labute approximate surface area is 209 Å². The molecule has 0 spiro atoms. The number of ether oxygens (including phenoxy) is 1. The molecular formula is C22H18Cl4N2O5. The van der Waals surface area contributed by atoms with Gasteiger partial charge in [0.1, 0.15) is 6.04 Å². The van der Waals surface area contributed by atoms with E-state index in [9.17, 15) is 19.2 Å². The number of anilines is 1. The third kappa shape index (κ3) is 4.82. The van der Waals surface area contributed by atoms with Gasteiger partial charge >= 0.3 is 5.97 Å². The van der Waals surface area contributed by atoms with Crippen molar-refractivity contribution in [3.8, 4) is 0 Å². The van der Waals surface area contributed by atoms with Crippen LogP contribution in [0.3, 0.4) is 0 Å². The van der Waals surface area contributed by atoms with Crippen molar-refractivity contribution in [1.29, 1.82) is 0 Å². The van der Waals surface area contributed by atoms with E-state index >= 15 is 0 Å². The third-order valence-corrected chi connectivity index (χ3v) is 6.77. The molecule has 0 fully saturated rings. The lowest BCUT2D eigenvalue weighted by Gasteiger charge is -2.27. The van der Waals surface area contributed by atoms with Crippen LogP contribution >= 0.6 is 46.4 Å². The Balaban J connectivity index is 1.80. The van der Waals surface area contributed by atoms with Crippen LogP contribution in [0.25, 0.3) is 0 Å². The van der Waals surface area contributed by atoms with Gasteiger partial charge in [-0.15, -0.1) is 0 Å². The molecule has 2 aromatic rings. The minimum atomic E-state index is -1.34. The highest BCUT2D eigenvalue weighted by Gasteiger charge is 2.48. The van der Waals surface area contributed by atoms with Crippen LogP contribution in [0.4, 0.5) is 5.69 Å². The van der Waals surface area contributed by atoms with Gasteiger partial charge in [0.05, 0.1) is 31.2 Å². The first kappa shape index (κ1) is 25.3. The van der Waals surface area contributed by atoms with Crippen molar-refractivity contribution in [2.75, 3.05) is 11.9 Å². The van der Waals surface area contributed by atoms with Gasteiger partial charge in [-0.1, -0.05) is 77.9 Å². The maximum atomic E-state index is 13.1. The molecule has 0 bridgehead atoms. The molecule has 174 valence electrons. The van der Waals surface area contributed by atoms with E-state index < -0.39 is 42.3 Å². The van der Waals surface area contributed by atoms with Crippen LogP contribution in [0.15, 0.2) is 24.3 Å². The summed E-state index contributed by atoms with van der Waals surface area (Å²) in [7, 11) is 0. The number of hydrogen-bond donors (Lipinski definition) is 1. The van der Waals surface area contributed by atoms with E-state index in [1.165, 1.54) is 0 Å². The second-order valence-electron chi connectivity index (χ2n) is 7.70. The highest BCUT2D eigenvalue weighted by molar-refractivity contribution is 6.55. The fourth-order valence-corrected chi connectivity index (χ4v) is 4.37. The van der Waals surface area contributed by atoms with Crippen molar-refractivity contribution in [3.63, 3.8) is 0 Å². The second-order valence-corrected chi connectivity index (χ2v) is 9.21. The Morgan fingerprint density at radius 1 is 0.909 bits per heavy atom. The lowest BCUT2D eigenvalue weighted by molar-refractivity contribution is -0.152. The van der Waals surface area contributed by atoms with Gasteiger partial charge in [-0.05, 0) is 25.0 Å². The molecular weight excluding hydrogens is 514 g/mol. The highest BCUT2D eigenvalue weighted by Crippen LogP contribution is 2.45. The molecule has 0 saturated heterocycles. The maximum absolute atomic E-state index is 13.1. The molecule has 2 aromatic carbocycles. The van der Waals surface area contributed by atoms with Crippen LogP contribution in [-0.4, -0.2) is 41.2 Å². The maximum Gasteiger partial charge on any atom is 0.330 e. The van der Waals surface area contributed by atoms with Gasteiger partial charge in [-0.2, -0.15) is 0 Å². The molecule has 3 amide bonds. The first-order valence-corrected chi connectivity index (χ1v) is 11.2. The lowest BCUT2D eigenvalue weighted by Crippen LogP contribution is -2.49. The minimum absolute atomic E-state index is 0.179. The number of carbonyl (C=O) groups excluding carboxylic acids is 4. The number of amides is 3. The standard InChI is InChI=1S/C22H18Cl4N2O5/c1-9(2)19(22(32)33-8-12(29)27-11-6-4-10(3)5-7-11)28-20(30)13-14(21(28)31)16(24)18(26)17(25)15(13)23/h4-7,9,19H,8H2,1-3H3,(H,27,29)/t19-/m0/s1. The van der Waals surface area contributed by atoms with E-state index in [4.69, 9.17) is 51.1 Å². The molecule has 1 atom stereocenters. The zero-order chi connectivity index (χ0) is 24.6. The van der Waals surface area contributed by atoms with E-state index in [0.717, 1.165) is 5.56 Å². The summed E-state index contributed by atoms with van der Waals surface area (Å²) in [5.41, 5.74) is 1.07. The molecule has 11 heteroatoms. The van der Waals surface area contributed by atoms with Gasteiger partial charge in [-0.3, -0.25) is 19.3 Å². The van der Waals surface area contributed by atoms with Crippen LogP contribution in [0, 0.1) is 12.8 Å². The molecule has 7 nitrogen and oxygen atoms in total. The number of nitrogens with one attached hydrogen (secondary N) is 1. The van der Waals surface area contributed by atoms with Crippen LogP contribution in [0.5, 0.6) is 0 Å². The Hall–Kier alpha value is -2.32. The predicted molar refractivity (Wildman–Crippen MR) is 126 cm³/mol. The number of esters is 1. The zero-order valence-electron chi connectivity index (χ0n) is 17.7. The van der Waals surface area contributed by atoms with E-state index in [2.05, 4.69) is 5.32 Å². The number of hydrogen-bond acceptors (Lipinski definition) is 5. The molecule has 0 saturated carbocycles. The quantitative estimate of drug-likeness (QED) is 0.233. The number of nitrogens with zero attached hydrogens (tertiary/aromatic N) is 1. The monoisotopic (exact) mass is 530 g/mol. The smallest absolute Gasteiger partial charge is 0.330 e. The molecule has 1 N–H and O–H groups in total. The van der Waals surface area contributed by atoms with Gasteiger partial charge in [0.15, 0.2) is 6.61 Å². The number of rotatable bonds is 6. The molecule has 1 aliphatic heterocycles. The van der Waals surface area contributed by atoms with Crippen molar-refractivity contribution in [2.24, 2.45) is 5.92 Å². The van der Waals surface area contributed by atoms with Gasteiger partial charge in [0.25, 0.3) is 17.7 Å². The van der Waals surface area contributed by atoms with Crippen molar-refractivity contribution in [2.45, 2.75) is 26.8 Å². The van der Waals surface area contributed by atoms with Gasteiger partial charge in [0, 0.05) is 5.69 Å². The Bertz CT molecular complexity index is 1120. The summed E-state index contributed by atoms with van der Waals surface area (Å²) >= 11 is 24.4. The summed E-state index contributed by atoms with van der Waals surface area (Å²) in [4.78, 5) is 51.9. The largest absolute Gasteiger partial charge is 0.454 e.